The standard InChI is InChI=1S/C13H20ClNO2/c1-13(2,17-4)9-15-8-10-7-11(14)5-6-12(10)16-3/h5-7,15H,8-9H2,1-4H3. The lowest BCUT2D eigenvalue weighted by Crippen LogP contribution is -2.36. The zero-order chi connectivity index (χ0) is 12.9. The van der Waals surface area contributed by atoms with Crippen molar-refractivity contribution in [2.24, 2.45) is 0 Å². The van der Waals surface area contributed by atoms with Crippen LogP contribution in [0.1, 0.15) is 19.4 Å². The molecule has 0 fully saturated rings. The van der Waals surface area contributed by atoms with Crippen LogP contribution in [0.4, 0.5) is 0 Å². The van der Waals surface area contributed by atoms with E-state index in [1.165, 1.54) is 0 Å². The summed E-state index contributed by atoms with van der Waals surface area (Å²) in [6.07, 6.45) is 0. The second kappa shape index (κ2) is 6.24. The fourth-order valence-electron chi connectivity index (χ4n) is 1.46. The average molecular weight is 258 g/mol. The topological polar surface area (TPSA) is 30.5 Å². The molecule has 4 heteroatoms. The van der Waals surface area contributed by atoms with Crippen LogP contribution >= 0.6 is 11.6 Å². The van der Waals surface area contributed by atoms with Crippen LogP contribution in [0.2, 0.25) is 5.02 Å². The molecule has 96 valence electrons. The lowest BCUT2D eigenvalue weighted by Gasteiger charge is -2.23. The highest BCUT2D eigenvalue weighted by atomic mass is 35.5. The smallest absolute Gasteiger partial charge is 0.123 e. The van der Waals surface area contributed by atoms with Crippen LogP contribution in [0, 0.1) is 0 Å². The Morgan fingerprint density at radius 1 is 1.29 bits per heavy atom. The second-order valence-electron chi connectivity index (χ2n) is 4.52. The Bertz CT molecular complexity index is 366. The van der Waals surface area contributed by atoms with Gasteiger partial charge in [0.1, 0.15) is 5.75 Å². The fraction of sp³-hybridized carbons (Fsp3) is 0.538. The Balaban J connectivity index is 2.59. The number of hydrogen-bond acceptors (Lipinski definition) is 3. The molecule has 0 aliphatic heterocycles. The van der Waals surface area contributed by atoms with E-state index in [0.29, 0.717) is 11.6 Å². The second-order valence-corrected chi connectivity index (χ2v) is 4.96. The Morgan fingerprint density at radius 2 is 2.00 bits per heavy atom. The first-order valence-electron chi connectivity index (χ1n) is 5.57. The molecule has 0 heterocycles. The summed E-state index contributed by atoms with van der Waals surface area (Å²) >= 11 is 5.96. The maximum absolute atomic E-state index is 5.96. The van der Waals surface area contributed by atoms with Gasteiger partial charge in [-0.2, -0.15) is 0 Å². The summed E-state index contributed by atoms with van der Waals surface area (Å²) in [7, 11) is 3.37. The van der Waals surface area contributed by atoms with Crippen molar-refractivity contribution in [1.29, 1.82) is 0 Å². The van der Waals surface area contributed by atoms with E-state index in [-0.39, 0.29) is 5.60 Å². The van der Waals surface area contributed by atoms with Crippen molar-refractivity contribution in [3.63, 3.8) is 0 Å². The first-order chi connectivity index (χ1) is 7.98. The predicted octanol–water partition coefficient (Wildman–Crippen LogP) is 2.86. The molecule has 0 unspecified atom stereocenters. The minimum absolute atomic E-state index is 0.175. The van der Waals surface area contributed by atoms with Crippen LogP contribution in [0.15, 0.2) is 18.2 Å². The van der Waals surface area contributed by atoms with Gasteiger partial charge in [0, 0.05) is 30.8 Å². The number of methoxy groups -OCH3 is 2. The maximum atomic E-state index is 5.96. The molecule has 1 aromatic carbocycles. The van der Waals surface area contributed by atoms with Gasteiger partial charge in [-0.05, 0) is 32.0 Å². The van der Waals surface area contributed by atoms with Crippen LogP contribution in [0.5, 0.6) is 5.75 Å². The van der Waals surface area contributed by atoms with E-state index in [1.807, 2.05) is 32.0 Å². The molecule has 0 saturated carbocycles. The monoisotopic (exact) mass is 257 g/mol. The van der Waals surface area contributed by atoms with Crippen molar-refractivity contribution >= 4 is 11.6 Å². The molecular formula is C13H20ClNO2. The summed E-state index contributed by atoms with van der Waals surface area (Å²) in [6.45, 7) is 5.54. The number of halogens is 1. The van der Waals surface area contributed by atoms with Gasteiger partial charge in [0.05, 0.1) is 12.7 Å². The molecule has 17 heavy (non-hydrogen) atoms. The number of benzene rings is 1. The molecule has 0 aliphatic carbocycles. The molecule has 0 amide bonds. The lowest BCUT2D eigenvalue weighted by molar-refractivity contribution is 0.0230. The number of rotatable bonds is 6. The van der Waals surface area contributed by atoms with Gasteiger partial charge in [-0.1, -0.05) is 11.6 Å². The first kappa shape index (κ1) is 14.3. The van der Waals surface area contributed by atoms with Crippen molar-refractivity contribution in [1.82, 2.24) is 5.32 Å². The van der Waals surface area contributed by atoms with E-state index < -0.39 is 0 Å². The van der Waals surface area contributed by atoms with Gasteiger partial charge >= 0.3 is 0 Å². The average Bonchev–Trinajstić information content (AvgIpc) is 2.29. The summed E-state index contributed by atoms with van der Waals surface area (Å²) in [5.41, 5.74) is 0.873. The van der Waals surface area contributed by atoms with Gasteiger partial charge in [0.15, 0.2) is 0 Å². The van der Waals surface area contributed by atoms with Crippen LogP contribution in [0.3, 0.4) is 0 Å². The van der Waals surface area contributed by atoms with Gasteiger partial charge in [-0.15, -0.1) is 0 Å². The summed E-state index contributed by atoms with van der Waals surface area (Å²) in [5, 5.41) is 4.05. The quantitative estimate of drug-likeness (QED) is 0.850. The van der Waals surface area contributed by atoms with Crippen molar-refractivity contribution in [2.75, 3.05) is 20.8 Å². The normalized spacial score (nSPS) is 11.6. The first-order valence-corrected chi connectivity index (χ1v) is 5.94. The maximum Gasteiger partial charge on any atom is 0.123 e. The third-order valence-electron chi connectivity index (χ3n) is 2.66. The molecule has 0 spiro atoms. The molecule has 0 bridgehead atoms. The van der Waals surface area contributed by atoms with Gasteiger partial charge in [0.2, 0.25) is 0 Å². The van der Waals surface area contributed by atoms with Crippen LogP contribution in [-0.4, -0.2) is 26.4 Å². The highest BCUT2D eigenvalue weighted by Crippen LogP contribution is 2.22. The summed E-state index contributed by atoms with van der Waals surface area (Å²) in [6, 6.07) is 5.61. The highest BCUT2D eigenvalue weighted by Gasteiger charge is 2.15. The molecule has 0 radical (unpaired) electrons. The van der Waals surface area contributed by atoms with E-state index in [9.17, 15) is 0 Å². The number of nitrogens with one attached hydrogen (secondary N) is 1. The third-order valence-corrected chi connectivity index (χ3v) is 2.90. The number of hydrogen-bond donors (Lipinski definition) is 1. The molecule has 0 aliphatic rings. The number of ether oxygens (including phenoxy) is 2. The van der Waals surface area contributed by atoms with Gasteiger partial charge in [0.25, 0.3) is 0 Å². The molecule has 1 rings (SSSR count). The van der Waals surface area contributed by atoms with E-state index in [0.717, 1.165) is 17.9 Å². The van der Waals surface area contributed by atoms with Crippen molar-refractivity contribution in [3.8, 4) is 5.75 Å². The van der Waals surface area contributed by atoms with E-state index in [1.54, 1.807) is 14.2 Å². The van der Waals surface area contributed by atoms with Crippen molar-refractivity contribution in [2.45, 2.75) is 26.0 Å². The van der Waals surface area contributed by atoms with E-state index in [2.05, 4.69) is 5.32 Å². The molecular weight excluding hydrogens is 238 g/mol. The highest BCUT2D eigenvalue weighted by molar-refractivity contribution is 6.30. The molecule has 1 aromatic rings. The zero-order valence-electron chi connectivity index (χ0n) is 10.8. The van der Waals surface area contributed by atoms with Crippen LogP contribution in [0.25, 0.3) is 0 Å². The Morgan fingerprint density at radius 3 is 2.59 bits per heavy atom. The van der Waals surface area contributed by atoms with E-state index >= 15 is 0 Å². The molecule has 3 nitrogen and oxygen atoms in total. The Labute approximate surface area is 108 Å². The lowest BCUT2D eigenvalue weighted by atomic mass is 10.1. The third kappa shape index (κ3) is 4.54. The summed E-state index contributed by atoms with van der Waals surface area (Å²) < 4.78 is 10.6. The van der Waals surface area contributed by atoms with Gasteiger partial charge in [-0.25, -0.2) is 0 Å². The molecule has 0 saturated heterocycles. The Hall–Kier alpha value is -0.770. The Kier molecular flexibility index (Phi) is 5.25. The van der Waals surface area contributed by atoms with Crippen LogP contribution in [-0.2, 0) is 11.3 Å². The largest absolute Gasteiger partial charge is 0.496 e. The molecule has 0 atom stereocenters. The zero-order valence-corrected chi connectivity index (χ0v) is 11.6. The summed E-state index contributed by atoms with van der Waals surface area (Å²) in [4.78, 5) is 0. The van der Waals surface area contributed by atoms with E-state index in [4.69, 9.17) is 21.1 Å². The molecule has 1 N–H and O–H groups in total. The fourth-order valence-corrected chi connectivity index (χ4v) is 1.65. The van der Waals surface area contributed by atoms with Crippen molar-refractivity contribution < 1.29 is 9.47 Å². The predicted molar refractivity (Wildman–Crippen MR) is 70.8 cm³/mol. The SMILES string of the molecule is COc1ccc(Cl)cc1CNCC(C)(C)OC. The van der Waals surface area contributed by atoms with Crippen LogP contribution < -0.4 is 10.1 Å². The van der Waals surface area contributed by atoms with Gasteiger partial charge in [-0.3, -0.25) is 0 Å². The summed E-state index contributed by atoms with van der Waals surface area (Å²) in [5.74, 6) is 0.845. The molecule has 0 aromatic heterocycles. The minimum Gasteiger partial charge on any atom is -0.496 e. The van der Waals surface area contributed by atoms with Crippen molar-refractivity contribution in [3.05, 3.63) is 28.8 Å². The van der Waals surface area contributed by atoms with Gasteiger partial charge < -0.3 is 14.8 Å². The minimum atomic E-state index is -0.175.